The molecular formula is C18H21N5O2S. The number of methoxy groups -OCH3 is 2. The lowest BCUT2D eigenvalue weighted by atomic mass is 10.2. The minimum absolute atomic E-state index is 0.477. The van der Waals surface area contributed by atoms with Gasteiger partial charge in [-0.05, 0) is 30.3 Å². The van der Waals surface area contributed by atoms with E-state index in [1.807, 2.05) is 48.5 Å². The Labute approximate surface area is 156 Å². The number of hydrogen-bond acceptors (Lipinski definition) is 7. The van der Waals surface area contributed by atoms with Gasteiger partial charge in [-0.25, -0.2) is 4.68 Å². The van der Waals surface area contributed by atoms with Crippen LogP contribution in [0.15, 0.2) is 53.7 Å². The van der Waals surface area contributed by atoms with Crippen LogP contribution in [-0.4, -0.2) is 29.1 Å². The van der Waals surface area contributed by atoms with Gasteiger partial charge in [-0.1, -0.05) is 30.0 Å². The molecule has 0 atom stereocenters. The van der Waals surface area contributed by atoms with E-state index in [9.17, 15) is 0 Å². The van der Waals surface area contributed by atoms with Crippen molar-refractivity contribution >= 4 is 17.4 Å². The number of thioether (sulfide) groups is 1. The summed E-state index contributed by atoms with van der Waals surface area (Å²) in [6.45, 7) is 0.477. The summed E-state index contributed by atoms with van der Waals surface area (Å²) >= 11 is 1.52. The highest BCUT2D eigenvalue weighted by atomic mass is 32.2. The Kier molecular flexibility index (Phi) is 5.85. The van der Waals surface area contributed by atoms with Gasteiger partial charge in [0.1, 0.15) is 11.5 Å². The van der Waals surface area contributed by atoms with E-state index >= 15 is 0 Å². The highest BCUT2D eigenvalue weighted by molar-refractivity contribution is 7.98. The molecule has 0 bridgehead atoms. The fraction of sp³-hybridized carbons (Fsp3) is 0.222. The van der Waals surface area contributed by atoms with Crippen molar-refractivity contribution in [3.63, 3.8) is 0 Å². The molecule has 0 saturated carbocycles. The fourth-order valence-corrected chi connectivity index (χ4v) is 3.25. The lowest BCUT2D eigenvalue weighted by Crippen LogP contribution is -2.16. The van der Waals surface area contributed by atoms with E-state index in [-0.39, 0.29) is 0 Å². The first-order chi connectivity index (χ1) is 12.7. The normalized spacial score (nSPS) is 10.5. The number of hydrogen-bond donors (Lipinski definition) is 2. The van der Waals surface area contributed by atoms with Crippen LogP contribution in [0.3, 0.4) is 0 Å². The van der Waals surface area contributed by atoms with Gasteiger partial charge in [-0.3, -0.25) is 0 Å². The van der Waals surface area contributed by atoms with Gasteiger partial charge >= 0.3 is 0 Å². The first-order valence-corrected chi connectivity index (χ1v) is 9.02. The predicted octanol–water partition coefficient (Wildman–Crippen LogP) is 2.91. The summed E-state index contributed by atoms with van der Waals surface area (Å²) in [4.78, 5) is 0. The SMILES string of the molecule is COc1ccc(NCc2nnc(SCc3ccccc3OC)n2N)cc1. The molecule has 0 aliphatic rings. The Morgan fingerprint density at radius 1 is 1.04 bits per heavy atom. The van der Waals surface area contributed by atoms with E-state index in [0.717, 1.165) is 22.7 Å². The number of benzene rings is 2. The average molecular weight is 371 g/mol. The van der Waals surface area contributed by atoms with Crippen LogP contribution < -0.4 is 20.6 Å². The smallest absolute Gasteiger partial charge is 0.210 e. The zero-order valence-electron chi connectivity index (χ0n) is 14.7. The Morgan fingerprint density at radius 2 is 1.81 bits per heavy atom. The van der Waals surface area contributed by atoms with Crippen molar-refractivity contribution in [1.82, 2.24) is 14.9 Å². The van der Waals surface area contributed by atoms with Crippen LogP contribution in [0.5, 0.6) is 11.5 Å². The van der Waals surface area contributed by atoms with Gasteiger partial charge in [0.05, 0.1) is 20.8 Å². The predicted molar refractivity (Wildman–Crippen MR) is 103 cm³/mol. The average Bonchev–Trinajstić information content (AvgIpc) is 3.05. The molecule has 0 fully saturated rings. The molecule has 7 nitrogen and oxygen atoms in total. The molecule has 3 rings (SSSR count). The number of nitrogens with zero attached hydrogens (tertiary/aromatic N) is 3. The second-order valence-corrected chi connectivity index (χ2v) is 6.39. The molecular weight excluding hydrogens is 350 g/mol. The molecule has 0 aliphatic carbocycles. The number of rotatable bonds is 8. The number of nitrogens with two attached hydrogens (primary N) is 1. The van der Waals surface area contributed by atoms with Crippen molar-refractivity contribution in [3.05, 3.63) is 59.9 Å². The van der Waals surface area contributed by atoms with Crippen molar-refractivity contribution in [2.45, 2.75) is 17.5 Å². The third-order valence-electron chi connectivity index (χ3n) is 3.83. The summed E-state index contributed by atoms with van der Waals surface area (Å²) in [7, 11) is 3.31. The lowest BCUT2D eigenvalue weighted by Gasteiger charge is -2.08. The molecule has 0 unspecified atom stereocenters. The quantitative estimate of drug-likeness (QED) is 0.465. The highest BCUT2D eigenvalue weighted by Gasteiger charge is 2.11. The van der Waals surface area contributed by atoms with Crippen LogP contribution in [-0.2, 0) is 12.3 Å². The minimum Gasteiger partial charge on any atom is -0.497 e. The van der Waals surface area contributed by atoms with Crippen LogP contribution in [0.2, 0.25) is 0 Å². The van der Waals surface area contributed by atoms with Gasteiger partial charge < -0.3 is 20.6 Å². The topological polar surface area (TPSA) is 87.2 Å². The number of aromatic nitrogens is 3. The zero-order valence-corrected chi connectivity index (χ0v) is 15.5. The third kappa shape index (κ3) is 4.20. The first kappa shape index (κ1) is 17.9. The molecule has 0 spiro atoms. The van der Waals surface area contributed by atoms with E-state index in [1.54, 1.807) is 14.2 Å². The molecule has 3 N–H and O–H groups in total. The van der Waals surface area contributed by atoms with E-state index in [0.29, 0.717) is 23.3 Å². The summed E-state index contributed by atoms with van der Waals surface area (Å²) in [5, 5.41) is 12.3. The zero-order chi connectivity index (χ0) is 18.4. The maximum atomic E-state index is 6.13. The number of nitrogen functional groups attached to an aromatic ring is 1. The second-order valence-electron chi connectivity index (χ2n) is 5.45. The summed E-state index contributed by atoms with van der Waals surface area (Å²) in [6.07, 6.45) is 0. The summed E-state index contributed by atoms with van der Waals surface area (Å²) < 4.78 is 12.0. The summed E-state index contributed by atoms with van der Waals surface area (Å²) in [5.41, 5.74) is 2.04. The molecule has 2 aromatic carbocycles. The van der Waals surface area contributed by atoms with E-state index in [2.05, 4.69) is 15.5 Å². The maximum Gasteiger partial charge on any atom is 0.210 e. The molecule has 0 amide bonds. The van der Waals surface area contributed by atoms with Crippen molar-refractivity contribution < 1.29 is 9.47 Å². The van der Waals surface area contributed by atoms with Gasteiger partial charge in [0.15, 0.2) is 5.82 Å². The van der Waals surface area contributed by atoms with E-state index in [4.69, 9.17) is 15.3 Å². The highest BCUT2D eigenvalue weighted by Crippen LogP contribution is 2.26. The standard InChI is InChI=1S/C18H21N5O2S/c1-24-15-9-7-14(8-10-15)20-11-17-21-22-18(23(17)19)26-12-13-5-3-4-6-16(13)25-2/h3-10,20H,11-12,19H2,1-2H3. The first-order valence-electron chi connectivity index (χ1n) is 8.03. The molecule has 0 aliphatic heterocycles. The Bertz CT molecular complexity index is 851. The van der Waals surface area contributed by atoms with Gasteiger partial charge in [0.2, 0.25) is 5.16 Å². The van der Waals surface area contributed by atoms with Crippen LogP contribution >= 0.6 is 11.8 Å². The van der Waals surface area contributed by atoms with Crippen molar-refractivity contribution in [2.75, 3.05) is 25.4 Å². The molecule has 3 aromatic rings. The van der Waals surface area contributed by atoms with Crippen molar-refractivity contribution in [3.8, 4) is 11.5 Å². The molecule has 26 heavy (non-hydrogen) atoms. The molecule has 1 aromatic heterocycles. The molecule has 1 heterocycles. The molecule has 136 valence electrons. The van der Waals surface area contributed by atoms with Gasteiger partial charge in [0.25, 0.3) is 0 Å². The number of anilines is 1. The van der Waals surface area contributed by atoms with Crippen LogP contribution in [0.1, 0.15) is 11.4 Å². The number of ether oxygens (including phenoxy) is 2. The lowest BCUT2D eigenvalue weighted by molar-refractivity contribution is 0.411. The van der Waals surface area contributed by atoms with E-state index in [1.165, 1.54) is 16.4 Å². The minimum atomic E-state index is 0.477. The Balaban J connectivity index is 1.60. The summed E-state index contributed by atoms with van der Waals surface area (Å²) in [6, 6.07) is 15.6. The number of nitrogens with one attached hydrogen (secondary N) is 1. The van der Waals surface area contributed by atoms with E-state index < -0.39 is 0 Å². The van der Waals surface area contributed by atoms with Gasteiger partial charge in [-0.2, -0.15) is 0 Å². The van der Waals surface area contributed by atoms with Crippen molar-refractivity contribution in [2.24, 2.45) is 0 Å². The largest absolute Gasteiger partial charge is 0.497 e. The van der Waals surface area contributed by atoms with Crippen LogP contribution in [0.4, 0.5) is 5.69 Å². The maximum absolute atomic E-state index is 6.13. The monoisotopic (exact) mass is 371 g/mol. The second kappa shape index (κ2) is 8.48. The molecule has 8 heteroatoms. The Morgan fingerprint density at radius 3 is 2.54 bits per heavy atom. The third-order valence-corrected chi connectivity index (χ3v) is 4.82. The van der Waals surface area contributed by atoms with Crippen LogP contribution in [0.25, 0.3) is 0 Å². The Hall–Kier alpha value is -2.87. The van der Waals surface area contributed by atoms with Gasteiger partial charge in [0, 0.05) is 17.0 Å². The molecule has 0 saturated heterocycles. The van der Waals surface area contributed by atoms with Crippen molar-refractivity contribution in [1.29, 1.82) is 0 Å². The van der Waals surface area contributed by atoms with Gasteiger partial charge in [-0.15, -0.1) is 10.2 Å². The number of para-hydroxylation sites is 1. The van der Waals surface area contributed by atoms with Crippen LogP contribution in [0, 0.1) is 0 Å². The molecule has 0 radical (unpaired) electrons. The fourth-order valence-electron chi connectivity index (χ4n) is 2.38. The summed E-state index contributed by atoms with van der Waals surface area (Å²) in [5.74, 6) is 9.15.